The van der Waals surface area contributed by atoms with Crippen molar-refractivity contribution in [1.29, 1.82) is 0 Å². The lowest BCUT2D eigenvalue weighted by molar-refractivity contribution is 0.451. The molecule has 0 amide bonds. The van der Waals surface area contributed by atoms with Gasteiger partial charge in [0.15, 0.2) is 5.52 Å². The van der Waals surface area contributed by atoms with Gasteiger partial charge in [0.2, 0.25) is 0 Å². The summed E-state index contributed by atoms with van der Waals surface area (Å²) in [4.78, 5) is 0. The first-order valence-corrected chi connectivity index (χ1v) is 2.59. The number of aromatic amines is 1. The largest absolute Gasteiger partial charge is 0.491 e. The number of nitrogens with one attached hydrogen (secondary N) is 1. The van der Waals surface area contributed by atoms with Gasteiger partial charge in [-0.1, -0.05) is 5.21 Å². The molecule has 6 heteroatoms. The van der Waals surface area contributed by atoms with Gasteiger partial charge in [-0.2, -0.15) is 5.10 Å². The Morgan fingerprint density at radius 1 is 1.40 bits per heavy atom. The quantitative estimate of drug-likeness (QED) is 0.508. The topological polar surface area (TPSA) is 87.6 Å². The van der Waals surface area contributed by atoms with E-state index in [2.05, 4.69) is 25.6 Å². The number of hydrogen-bond donors (Lipinski definition) is 2. The van der Waals surface area contributed by atoms with E-state index in [-0.39, 0.29) is 5.88 Å². The van der Waals surface area contributed by atoms with Crippen LogP contribution in [0.15, 0.2) is 6.20 Å². The van der Waals surface area contributed by atoms with Crippen molar-refractivity contribution in [2.75, 3.05) is 0 Å². The van der Waals surface area contributed by atoms with Crippen LogP contribution in [0.1, 0.15) is 0 Å². The third-order valence-electron chi connectivity index (χ3n) is 1.13. The van der Waals surface area contributed by atoms with Gasteiger partial charge in [-0.05, 0) is 0 Å². The maximum absolute atomic E-state index is 8.98. The van der Waals surface area contributed by atoms with Crippen molar-refractivity contribution in [2.24, 2.45) is 0 Å². The number of H-pyrrole nitrogens is 1. The van der Waals surface area contributed by atoms with Gasteiger partial charge < -0.3 is 5.11 Å². The molecule has 0 saturated heterocycles. The minimum absolute atomic E-state index is 0.178. The third-order valence-corrected chi connectivity index (χ3v) is 1.13. The molecule has 0 atom stereocenters. The lowest BCUT2D eigenvalue weighted by Gasteiger charge is -1.85. The third kappa shape index (κ3) is 0.524. The van der Waals surface area contributed by atoms with Crippen molar-refractivity contribution in [3.63, 3.8) is 0 Å². The summed E-state index contributed by atoms with van der Waals surface area (Å²) in [6.07, 6.45) is 1.42. The molecule has 2 N–H and O–H groups in total. The zero-order valence-corrected chi connectivity index (χ0v) is 4.81. The smallest absolute Gasteiger partial charge is 0.258 e. The van der Waals surface area contributed by atoms with E-state index in [1.807, 2.05) is 0 Å². The van der Waals surface area contributed by atoms with Crippen LogP contribution in [0, 0.1) is 0 Å². The molecule has 0 saturated carbocycles. The van der Waals surface area contributed by atoms with Crippen molar-refractivity contribution in [1.82, 2.24) is 25.6 Å². The standard InChI is InChI=1S/C4H3N5O/c10-4-3-2(1-5-8-4)6-9-7-3/h1H,(H,8,10)(H,6,7,9). The van der Waals surface area contributed by atoms with Crippen LogP contribution in [0.25, 0.3) is 11.0 Å². The highest BCUT2D eigenvalue weighted by molar-refractivity contribution is 5.76. The van der Waals surface area contributed by atoms with E-state index in [4.69, 9.17) is 5.11 Å². The number of hydrogen-bond acceptors (Lipinski definition) is 5. The first kappa shape index (κ1) is 5.10. The molecule has 0 aliphatic rings. The van der Waals surface area contributed by atoms with E-state index < -0.39 is 0 Å². The lowest BCUT2D eigenvalue weighted by atomic mass is 10.5. The Balaban J connectivity index is 2.95. The zero-order chi connectivity index (χ0) is 6.97. The molecule has 0 spiro atoms. The molecule has 2 aromatic rings. The number of fused-ring (bicyclic) bond motifs is 1. The van der Waals surface area contributed by atoms with Gasteiger partial charge in [-0.3, -0.25) is 5.10 Å². The van der Waals surface area contributed by atoms with Gasteiger partial charge in [-0.25, -0.2) is 0 Å². The van der Waals surface area contributed by atoms with Crippen LogP contribution in [0.2, 0.25) is 0 Å². The van der Waals surface area contributed by atoms with Crippen LogP contribution in [0.4, 0.5) is 0 Å². The SMILES string of the molecule is Oc1nncc2nn[nH]c12. The maximum Gasteiger partial charge on any atom is 0.258 e. The second-order valence-electron chi connectivity index (χ2n) is 1.74. The molecule has 2 rings (SSSR count). The highest BCUT2D eigenvalue weighted by atomic mass is 16.3. The molecule has 2 aromatic heterocycles. The maximum atomic E-state index is 8.98. The van der Waals surface area contributed by atoms with Gasteiger partial charge >= 0.3 is 0 Å². The van der Waals surface area contributed by atoms with Crippen molar-refractivity contribution in [3.05, 3.63) is 6.20 Å². The lowest BCUT2D eigenvalue weighted by Crippen LogP contribution is -1.80. The monoisotopic (exact) mass is 137 g/mol. The summed E-state index contributed by atoms with van der Waals surface area (Å²) < 4.78 is 0. The predicted octanol–water partition coefficient (Wildman–Crippen LogP) is -0.547. The fourth-order valence-corrected chi connectivity index (χ4v) is 0.679. The van der Waals surface area contributed by atoms with Gasteiger partial charge in [0.05, 0.1) is 6.20 Å². The summed E-state index contributed by atoms with van der Waals surface area (Å²) in [7, 11) is 0. The summed E-state index contributed by atoms with van der Waals surface area (Å²) >= 11 is 0. The highest BCUT2D eigenvalue weighted by Crippen LogP contribution is 2.13. The first-order chi connectivity index (χ1) is 4.88. The van der Waals surface area contributed by atoms with Crippen molar-refractivity contribution in [2.45, 2.75) is 0 Å². The van der Waals surface area contributed by atoms with Crippen LogP contribution in [-0.2, 0) is 0 Å². The summed E-state index contributed by atoms with van der Waals surface area (Å²) in [5, 5.41) is 25.3. The minimum atomic E-state index is -0.178. The Morgan fingerprint density at radius 2 is 2.30 bits per heavy atom. The highest BCUT2D eigenvalue weighted by Gasteiger charge is 2.02. The van der Waals surface area contributed by atoms with E-state index >= 15 is 0 Å². The van der Waals surface area contributed by atoms with E-state index in [1.54, 1.807) is 0 Å². The number of rotatable bonds is 0. The van der Waals surface area contributed by atoms with Crippen LogP contribution in [0.5, 0.6) is 5.88 Å². The van der Waals surface area contributed by atoms with Crippen molar-refractivity contribution < 1.29 is 5.11 Å². The number of nitrogens with zero attached hydrogens (tertiary/aromatic N) is 4. The second kappa shape index (κ2) is 1.63. The summed E-state index contributed by atoms with van der Waals surface area (Å²) in [5.41, 5.74) is 0.919. The Labute approximate surface area is 54.9 Å². The van der Waals surface area contributed by atoms with E-state index in [9.17, 15) is 0 Å². The second-order valence-corrected chi connectivity index (χ2v) is 1.74. The van der Waals surface area contributed by atoms with Crippen LogP contribution >= 0.6 is 0 Å². The molecule has 50 valence electrons. The van der Waals surface area contributed by atoms with E-state index in [0.717, 1.165) is 0 Å². The van der Waals surface area contributed by atoms with Crippen molar-refractivity contribution >= 4 is 11.0 Å². The zero-order valence-electron chi connectivity index (χ0n) is 4.81. The summed E-state index contributed by atoms with van der Waals surface area (Å²) in [6.45, 7) is 0. The molecule has 0 bridgehead atoms. The molecule has 0 fully saturated rings. The molecule has 2 heterocycles. The Bertz CT molecular complexity index is 355. The van der Waals surface area contributed by atoms with E-state index in [0.29, 0.717) is 11.0 Å². The van der Waals surface area contributed by atoms with Crippen LogP contribution < -0.4 is 0 Å². The van der Waals surface area contributed by atoms with Crippen LogP contribution in [-0.4, -0.2) is 30.7 Å². The molecular weight excluding hydrogens is 134 g/mol. The van der Waals surface area contributed by atoms with Gasteiger partial charge in [0.25, 0.3) is 5.88 Å². The van der Waals surface area contributed by atoms with E-state index in [1.165, 1.54) is 6.20 Å². The number of aromatic nitrogens is 5. The Morgan fingerprint density at radius 3 is 3.10 bits per heavy atom. The fraction of sp³-hybridized carbons (Fsp3) is 0. The molecule has 0 aliphatic heterocycles. The average molecular weight is 137 g/mol. The fourth-order valence-electron chi connectivity index (χ4n) is 0.679. The molecule has 0 radical (unpaired) electrons. The molecule has 6 nitrogen and oxygen atoms in total. The molecule has 0 unspecified atom stereocenters. The Kier molecular flexibility index (Phi) is 0.830. The van der Waals surface area contributed by atoms with Gasteiger partial charge in [0.1, 0.15) is 5.52 Å². The summed E-state index contributed by atoms with van der Waals surface area (Å²) in [5.74, 6) is -0.178. The number of aromatic hydroxyl groups is 1. The summed E-state index contributed by atoms with van der Waals surface area (Å²) in [6, 6.07) is 0. The molecule has 10 heavy (non-hydrogen) atoms. The van der Waals surface area contributed by atoms with Gasteiger partial charge in [0, 0.05) is 0 Å². The Hall–Kier alpha value is -1.72. The van der Waals surface area contributed by atoms with Gasteiger partial charge in [-0.15, -0.1) is 10.2 Å². The normalized spacial score (nSPS) is 10.4. The minimum Gasteiger partial charge on any atom is -0.491 e. The van der Waals surface area contributed by atoms with Crippen LogP contribution in [0.3, 0.4) is 0 Å². The molecule has 0 aromatic carbocycles. The molecular formula is C4H3N5O. The first-order valence-electron chi connectivity index (χ1n) is 2.59. The molecule has 0 aliphatic carbocycles. The van der Waals surface area contributed by atoms with Crippen molar-refractivity contribution in [3.8, 4) is 5.88 Å². The average Bonchev–Trinajstić information content (AvgIpc) is 2.36. The predicted molar refractivity (Wildman–Crippen MR) is 31.1 cm³/mol.